The molecule has 2 bridgehead atoms. The van der Waals surface area contributed by atoms with Gasteiger partial charge < -0.3 is 30.0 Å². The maximum Gasteiger partial charge on any atom is 0.416 e. The van der Waals surface area contributed by atoms with Gasteiger partial charge in [-0.2, -0.15) is 13.2 Å². The molecular weight excluding hydrogens is 395 g/mol. The molecule has 8 nitrogen and oxygen atoms in total. The molecule has 3 fully saturated rings. The number of fused-ring (bicyclic) bond motifs is 2. The molecule has 3 saturated heterocycles. The van der Waals surface area contributed by atoms with Crippen molar-refractivity contribution in [2.75, 3.05) is 38.2 Å². The number of morpholine rings is 1. The minimum Gasteiger partial charge on any atom is -0.389 e. The van der Waals surface area contributed by atoms with Crippen LogP contribution in [0.5, 0.6) is 0 Å². The van der Waals surface area contributed by atoms with Gasteiger partial charge >= 0.3 is 12.2 Å². The second-order valence-corrected chi connectivity index (χ2v) is 7.21. The predicted molar refractivity (Wildman–Crippen MR) is 94.2 cm³/mol. The average Bonchev–Trinajstić information content (AvgIpc) is 3.11. The number of carbonyl (C=O) groups is 1. The number of urea groups is 1. The van der Waals surface area contributed by atoms with Crippen molar-refractivity contribution in [2.45, 2.75) is 36.8 Å². The van der Waals surface area contributed by atoms with Crippen molar-refractivity contribution in [3.8, 4) is 0 Å². The summed E-state index contributed by atoms with van der Waals surface area (Å²) < 4.78 is 55.3. The summed E-state index contributed by atoms with van der Waals surface area (Å²) >= 11 is 0. The van der Waals surface area contributed by atoms with Crippen molar-refractivity contribution in [3.63, 3.8) is 0 Å². The third-order valence-corrected chi connectivity index (χ3v) is 5.34. The molecule has 5 atom stereocenters. The summed E-state index contributed by atoms with van der Waals surface area (Å²) in [5, 5.41) is 15.9. The topological polar surface area (TPSA) is 92.3 Å². The first-order valence-corrected chi connectivity index (χ1v) is 9.34. The van der Waals surface area contributed by atoms with Crippen molar-refractivity contribution in [1.29, 1.82) is 0 Å². The minimum absolute atomic E-state index is 0.00572. The molecule has 29 heavy (non-hydrogen) atoms. The third-order valence-electron chi connectivity index (χ3n) is 5.34. The Hall–Kier alpha value is -1.92. The van der Waals surface area contributed by atoms with E-state index in [4.69, 9.17) is 14.2 Å². The fraction of sp³-hybridized carbons (Fsp3) is 0.611. The number of nitrogens with zero attached hydrogens (tertiary/aromatic N) is 1. The number of anilines is 1. The maximum atomic E-state index is 12.8. The van der Waals surface area contributed by atoms with Gasteiger partial charge in [0.1, 0.15) is 6.10 Å². The van der Waals surface area contributed by atoms with Gasteiger partial charge in [0.25, 0.3) is 0 Å². The number of carbonyl (C=O) groups excluding carboxylic acids is 1. The molecule has 0 unspecified atom stereocenters. The van der Waals surface area contributed by atoms with E-state index in [1.807, 2.05) is 4.90 Å². The standard InChI is InChI=1S/C18H22F3N3O5/c19-18(20,21)10-2-1-3-11(8-10)22-17(26)23-13-12-9-28-16(29-12)14(15(13)25)24-4-6-27-7-5-24/h1-3,8,12-16,25H,4-7,9H2,(H2,22,23,26)/t12-,13-,14+,15-,16+/m0/s1. The van der Waals surface area contributed by atoms with Gasteiger partial charge in [0.05, 0.1) is 43.6 Å². The zero-order valence-corrected chi connectivity index (χ0v) is 15.4. The van der Waals surface area contributed by atoms with Gasteiger partial charge in [-0.25, -0.2) is 4.79 Å². The number of halogens is 3. The molecule has 0 aliphatic carbocycles. The SMILES string of the molecule is O=C(Nc1cccc(C(F)(F)F)c1)N[C@@H]1[C@H](O)[C@@H](N2CCOCC2)[C@@H]2OC[C@@H]1O2. The number of hydrogen-bond acceptors (Lipinski definition) is 6. The van der Waals surface area contributed by atoms with Crippen LogP contribution in [0, 0.1) is 0 Å². The fourth-order valence-corrected chi connectivity index (χ4v) is 3.94. The Balaban J connectivity index is 1.43. The largest absolute Gasteiger partial charge is 0.416 e. The van der Waals surface area contributed by atoms with Crippen molar-refractivity contribution in [3.05, 3.63) is 29.8 Å². The van der Waals surface area contributed by atoms with E-state index in [9.17, 15) is 23.1 Å². The highest BCUT2D eigenvalue weighted by atomic mass is 19.4. The molecule has 3 aliphatic rings. The first kappa shape index (κ1) is 20.4. The third kappa shape index (κ3) is 4.33. The van der Waals surface area contributed by atoms with E-state index in [1.54, 1.807) is 0 Å². The van der Waals surface area contributed by atoms with E-state index in [1.165, 1.54) is 12.1 Å². The number of aliphatic hydroxyl groups is 1. The van der Waals surface area contributed by atoms with E-state index in [0.717, 1.165) is 12.1 Å². The van der Waals surface area contributed by atoms with Crippen LogP contribution in [0.3, 0.4) is 0 Å². The second-order valence-electron chi connectivity index (χ2n) is 7.21. The summed E-state index contributed by atoms with van der Waals surface area (Å²) in [6.45, 7) is 2.44. The fourth-order valence-electron chi connectivity index (χ4n) is 3.94. The first-order valence-electron chi connectivity index (χ1n) is 9.34. The number of alkyl halides is 3. The van der Waals surface area contributed by atoms with E-state index < -0.39 is 48.4 Å². The summed E-state index contributed by atoms with van der Waals surface area (Å²) in [5.41, 5.74) is -0.871. The van der Waals surface area contributed by atoms with Crippen LogP contribution in [0.4, 0.5) is 23.7 Å². The highest BCUT2D eigenvalue weighted by Gasteiger charge is 2.52. The van der Waals surface area contributed by atoms with Crippen molar-refractivity contribution in [2.24, 2.45) is 0 Å². The Morgan fingerprint density at radius 1 is 1.24 bits per heavy atom. The average molecular weight is 417 g/mol. The summed E-state index contributed by atoms with van der Waals surface area (Å²) in [4.78, 5) is 14.4. The molecule has 1 aromatic carbocycles. The van der Waals surface area contributed by atoms with E-state index >= 15 is 0 Å². The first-order chi connectivity index (χ1) is 13.8. The van der Waals surface area contributed by atoms with E-state index in [0.29, 0.717) is 26.3 Å². The molecule has 1 aromatic rings. The number of hydrogen-bond donors (Lipinski definition) is 3. The summed E-state index contributed by atoms with van der Waals surface area (Å²) in [7, 11) is 0. The van der Waals surface area contributed by atoms with Crippen molar-refractivity contribution >= 4 is 11.7 Å². The zero-order valence-electron chi connectivity index (χ0n) is 15.4. The van der Waals surface area contributed by atoms with Crippen LogP contribution >= 0.6 is 0 Å². The molecular formula is C18H22F3N3O5. The molecule has 3 N–H and O–H groups in total. The van der Waals surface area contributed by atoms with Crippen LogP contribution in [-0.2, 0) is 20.4 Å². The van der Waals surface area contributed by atoms with Gasteiger partial charge in [-0.1, -0.05) is 6.07 Å². The lowest BCUT2D eigenvalue weighted by molar-refractivity contribution is -0.189. The lowest BCUT2D eigenvalue weighted by Gasteiger charge is -2.44. The molecule has 3 heterocycles. The van der Waals surface area contributed by atoms with E-state index in [2.05, 4.69) is 10.6 Å². The number of amides is 2. The quantitative estimate of drug-likeness (QED) is 0.680. The van der Waals surface area contributed by atoms with Gasteiger partial charge in [-0.15, -0.1) is 0 Å². The second kappa shape index (κ2) is 8.07. The predicted octanol–water partition coefficient (Wildman–Crippen LogP) is 1.01. The lowest BCUT2D eigenvalue weighted by Crippen LogP contribution is -2.66. The number of rotatable bonds is 3. The maximum absolute atomic E-state index is 12.8. The van der Waals surface area contributed by atoms with Crippen molar-refractivity contribution in [1.82, 2.24) is 10.2 Å². The Labute approximate surface area is 164 Å². The Kier molecular flexibility index (Phi) is 5.67. The Morgan fingerprint density at radius 3 is 2.72 bits per heavy atom. The van der Waals surface area contributed by atoms with Crippen LogP contribution in [0.1, 0.15) is 5.56 Å². The zero-order chi connectivity index (χ0) is 20.6. The van der Waals surface area contributed by atoms with Gasteiger partial charge in [0.2, 0.25) is 0 Å². The molecule has 0 saturated carbocycles. The Bertz CT molecular complexity index is 744. The monoisotopic (exact) mass is 417 g/mol. The molecule has 0 aromatic heterocycles. The smallest absolute Gasteiger partial charge is 0.389 e. The highest BCUT2D eigenvalue weighted by Crippen LogP contribution is 2.32. The molecule has 3 aliphatic heterocycles. The number of ether oxygens (including phenoxy) is 3. The molecule has 11 heteroatoms. The van der Waals surface area contributed by atoms with Gasteiger partial charge in [-0.3, -0.25) is 4.90 Å². The molecule has 4 rings (SSSR count). The molecule has 0 spiro atoms. The van der Waals surface area contributed by atoms with Crippen LogP contribution < -0.4 is 10.6 Å². The summed E-state index contributed by atoms with van der Waals surface area (Å²) in [6.07, 6.45) is -6.62. The van der Waals surface area contributed by atoms with Crippen molar-refractivity contribution < 1.29 is 37.3 Å². The van der Waals surface area contributed by atoms with Crippen LogP contribution in [0.15, 0.2) is 24.3 Å². The highest BCUT2D eigenvalue weighted by molar-refractivity contribution is 5.89. The van der Waals surface area contributed by atoms with Crippen LogP contribution in [-0.4, -0.2) is 79.5 Å². The number of aliphatic hydroxyl groups excluding tert-OH is 1. The molecule has 160 valence electrons. The molecule has 2 amide bonds. The van der Waals surface area contributed by atoms with E-state index in [-0.39, 0.29) is 12.3 Å². The molecule has 0 radical (unpaired) electrons. The van der Waals surface area contributed by atoms with Crippen LogP contribution in [0.25, 0.3) is 0 Å². The van der Waals surface area contributed by atoms with Gasteiger partial charge in [0, 0.05) is 18.8 Å². The van der Waals surface area contributed by atoms with Crippen LogP contribution in [0.2, 0.25) is 0 Å². The number of nitrogens with one attached hydrogen (secondary N) is 2. The Morgan fingerprint density at radius 2 is 2.00 bits per heavy atom. The van der Waals surface area contributed by atoms with Gasteiger partial charge in [-0.05, 0) is 18.2 Å². The normalized spacial score (nSPS) is 32.8. The van der Waals surface area contributed by atoms with Gasteiger partial charge in [0.15, 0.2) is 6.29 Å². The minimum atomic E-state index is -4.51. The summed E-state index contributed by atoms with van der Waals surface area (Å²) in [6, 6.07) is 2.35. The summed E-state index contributed by atoms with van der Waals surface area (Å²) in [5.74, 6) is 0. The lowest BCUT2D eigenvalue weighted by atomic mass is 9.94. The number of benzene rings is 1.